The van der Waals surface area contributed by atoms with Gasteiger partial charge in [-0.1, -0.05) is 0 Å². The van der Waals surface area contributed by atoms with Crippen LogP contribution in [0.25, 0.3) is 0 Å². The number of nitrogens with zero attached hydrogens (tertiary/aromatic N) is 5. The molecule has 0 aliphatic heterocycles. The fourth-order valence-electron chi connectivity index (χ4n) is 1.48. The van der Waals surface area contributed by atoms with Gasteiger partial charge >= 0.3 is 0 Å². The van der Waals surface area contributed by atoms with E-state index in [9.17, 15) is 0 Å². The van der Waals surface area contributed by atoms with Gasteiger partial charge in [0.2, 0.25) is 0 Å². The Hall–Kier alpha value is -0.920. The van der Waals surface area contributed by atoms with Crippen molar-refractivity contribution in [3.05, 3.63) is 27.4 Å². The molecule has 86 valence electrons. The monoisotopic (exact) mass is 331 g/mol. The van der Waals surface area contributed by atoms with E-state index in [-0.39, 0.29) is 0 Å². The SMILES string of the molecule is CCn1cc(Cc2nn(CC)nc2I)cn1. The molecule has 2 aromatic heterocycles. The molecular formula is C10H14IN5. The van der Waals surface area contributed by atoms with Crippen LogP contribution in [-0.4, -0.2) is 24.8 Å². The Bertz CT molecular complexity index is 473. The first-order chi connectivity index (χ1) is 7.72. The maximum absolute atomic E-state index is 4.42. The zero-order valence-electron chi connectivity index (χ0n) is 9.39. The van der Waals surface area contributed by atoms with Crippen LogP contribution in [0.4, 0.5) is 0 Å². The second-order valence-electron chi connectivity index (χ2n) is 3.51. The molecule has 0 bridgehead atoms. The Morgan fingerprint density at radius 2 is 2.06 bits per heavy atom. The molecule has 0 amide bonds. The fraction of sp³-hybridized carbons (Fsp3) is 0.500. The lowest BCUT2D eigenvalue weighted by molar-refractivity contribution is 0.563. The molecule has 16 heavy (non-hydrogen) atoms. The molecule has 0 atom stereocenters. The zero-order valence-corrected chi connectivity index (χ0v) is 11.5. The minimum atomic E-state index is 0.804. The van der Waals surface area contributed by atoms with Gasteiger partial charge in [-0.25, -0.2) is 0 Å². The molecule has 0 radical (unpaired) electrons. The molecule has 0 aromatic carbocycles. The number of rotatable bonds is 4. The van der Waals surface area contributed by atoms with Gasteiger partial charge in [-0.05, 0) is 42.0 Å². The van der Waals surface area contributed by atoms with Crippen LogP contribution in [0, 0.1) is 3.70 Å². The second-order valence-corrected chi connectivity index (χ2v) is 4.53. The summed E-state index contributed by atoms with van der Waals surface area (Å²) in [7, 11) is 0. The summed E-state index contributed by atoms with van der Waals surface area (Å²) < 4.78 is 2.90. The maximum Gasteiger partial charge on any atom is 0.147 e. The molecule has 0 aliphatic carbocycles. The number of aromatic nitrogens is 5. The summed E-state index contributed by atoms with van der Waals surface area (Å²) in [6, 6.07) is 0. The summed E-state index contributed by atoms with van der Waals surface area (Å²) in [5.74, 6) is 0. The first kappa shape index (κ1) is 11.6. The molecular weight excluding hydrogens is 317 g/mol. The highest BCUT2D eigenvalue weighted by Gasteiger charge is 2.09. The zero-order chi connectivity index (χ0) is 11.5. The van der Waals surface area contributed by atoms with E-state index in [0.29, 0.717) is 0 Å². The molecule has 0 saturated heterocycles. The van der Waals surface area contributed by atoms with Crippen LogP contribution in [0.1, 0.15) is 25.1 Å². The summed E-state index contributed by atoms with van der Waals surface area (Å²) >= 11 is 2.23. The van der Waals surface area contributed by atoms with Crippen LogP contribution in [0.3, 0.4) is 0 Å². The number of halogens is 1. The summed E-state index contributed by atoms with van der Waals surface area (Å²) in [6.45, 7) is 5.83. The molecule has 0 spiro atoms. The maximum atomic E-state index is 4.42. The minimum Gasteiger partial charge on any atom is -0.273 e. The predicted octanol–water partition coefficient (Wildman–Crippen LogP) is 1.71. The van der Waals surface area contributed by atoms with Crippen LogP contribution < -0.4 is 0 Å². The van der Waals surface area contributed by atoms with E-state index < -0.39 is 0 Å². The number of aryl methyl sites for hydroxylation is 2. The lowest BCUT2D eigenvalue weighted by Crippen LogP contribution is -1.99. The second kappa shape index (κ2) is 4.94. The third-order valence-corrected chi connectivity index (χ3v) is 3.18. The summed E-state index contributed by atoms with van der Waals surface area (Å²) in [5.41, 5.74) is 2.21. The van der Waals surface area contributed by atoms with Crippen molar-refractivity contribution in [3.8, 4) is 0 Å². The largest absolute Gasteiger partial charge is 0.273 e. The molecule has 2 rings (SSSR count). The van der Waals surface area contributed by atoms with Gasteiger partial charge in [0, 0.05) is 19.2 Å². The van der Waals surface area contributed by atoms with Gasteiger partial charge < -0.3 is 0 Å². The van der Waals surface area contributed by atoms with E-state index in [0.717, 1.165) is 28.9 Å². The van der Waals surface area contributed by atoms with E-state index in [4.69, 9.17) is 0 Å². The van der Waals surface area contributed by atoms with E-state index in [1.165, 1.54) is 5.56 Å². The molecule has 0 fully saturated rings. The van der Waals surface area contributed by atoms with E-state index in [2.05, 4.69) is 51.0 Å². The van der Waals surface area contributed by atoms with Crippen molar-refractivity contribution in [3.63, 3.8) is 0 Å². The first-order valence-corrected chi connectivity index (χ1v) is 6.41. The van der Waals surface area contributed by atoms with Crippen molar-refractivity contribution in [1.29, 1.82) is 0 Å². The molecule has 2 heterocycles. The van der Waals surface area contributed by atoms with E-state index in [1.807, 2.05) is 17.8 Å². The number of hydrogen-bond acceptors (Lipinski definition) is 3. The lowest BCUT2D eigenvalue weighted by atomic mass is 10.2. The van der Waals surface area contributed by atoms with Crippen LogP contribution in [0.5, 0.6) is 0 Å². The van der Waals surface area contributed by atoms with Gasteiger partial charge in [0.1, 0.15) is 9.39 Å². The predicted molar refractivity (Wildman–Crippen MR) is 69.1 cm³/mol. The highest BCUT2D eigenvalue weighted by Crippen LogP contribution is 2.12. The van der Waals surface area contributed by atoms with Gasteiger partial charge in [0.25, 0.3) is 0 Å². The Labute approximate surface area is 108 Å². The summed E-state index contributed by atoms with van der Waals surface area (Å²) in [4.78, 5) is 1.72. The van der Waals surface area contributed by atoms with Crippen LogP contribution in [0.15, 0.2) is 12.4 Å². The molecule has 0 saturated carbocycles. The highest BCUT2D eigenvalue weighted by molar-refractivity contribution is 14.1. The van der Waals surface area contributed by atoms with Crippen molar-refractivity contribution in [2.45, 2.75) is 33.4 Å². The normalized spacial score (nSPS) is 10.9. The van der Waals surface area contributed by atoms with Crippen molar-refractivity contribution >= 4 is 22.6 Å². The highest BCUT2D eigenvalue weighted by atomic mass is 127. The van der Waals surface area contributed by atoms with Crippen molar-refractivity contribution in [1.82, 2.24) is 24.8 Å². The van der Waals surface area contributed by atoms with Gasteiger partial charge in [-0.15, -0.1) is 5.10 Å². The van der Waals surface area contributed by atoms with E-state index in [1.54, 1.807) is 4.80 Å². The third-order valence-electron chi connectivity index (χ3n) is 2.34. The molecule has 0 aliphatic rings. The van der Waals surface area contributed by atoms with Gasteiger partial charge in [0.15, 0.2) is 0 Å². The van der Waals surface area contributed by atoms with Crippen molar-refractivity contribution in [2.24, 2.45) is 0 Å². The van der Waals surface area contributed by atoms with Gasteiger partial charge in [-0.3, -0.25) is 4.68 Å². The van der Waals surface area contributed by atoms with Crippen LogP contribution in [-0.2, 0) is 19.5 Å². The Kier molecular flexibility index (Phi) is 3.57. The van der Waals surface area contributed by atoms with Crippen molar-refractivity contribution < 1.29 is 0 Å². The van der Waals surface area contributed by atoms with Gasteiger partial charge in [-0.2, -0.15) is 15.0 Å². The van der Waals surface area contributed by atoms with Crippen LogP contribution in [0.2, 0.25) is 0 Å². The lowest BCUT2D eigenvalue weighted by Gasteiger charge is -1.93. The Morgan fingerprint density at radius 3 is 2.62 bits per heavy atom. The molecule has 0 unspecified atom stereocenters. The Morgan fingerprint density at radius 1 is 1.25 bits per heavy atom. The smallest absolute Gasteiger partial charge is 0.147 e. The first-order valence-electron chi connectivity index (χ1n) is 5.33. The van der Waals surface area contributed by atoms with E-state index >= 15 is 0 Å². The van der Waals surface area contributed by atoms with Crippen LogP contribution >= 0.6 is 22.6 Å². The minimum absolute atomic E-state index is 0.804. The molecule has 6 heteroatoms. The standard InChI is InChI=1S/C10H14IN5/c1-3-15-7-8(6-12-15)5-9-10(11)14-16(4-2)13-9/h6-7H,3-5H2,1-2H3. The topological polar surface area (TPSA) is 48.5 Å². The third kappa shape index (κ3) is 2.42. The summed E-state index contributed by atoms with van der Waals surface area (Å²) in [5, 5.41) is 13.0. The number of hydrogen-bond donors (Lipinski definition) is 0. The molecule has 5 nitrogen and oxygen atoms in total. The van der Waals surface area contributed by atoms with Crippen molar-refractivity contribution in [2.75, 3.05) is 0 Å². The quantitative estimate of drug-likeness (QED) is 0.802. The Balaban J connectivity index is 2.16. The molecule has 0 N–H and O–H groups in total. The summed E-state index contributed by atoms with van der Waals surface area (Å²) in [6.07, 6.45) is 4.75. The molecule has 2 aromatic rings. The average Bonchev–Trinajstić information content (AvgIpc) is 2.87. The average molecular weight is 331 g/mol. The van der Waals surface area contributed by atoms with Gasteiger partial charge in [0.05, 0.1) is 12.7 Å². The fourth-order valence-corrected chi connectivity index (χ4v) is 2.02.